The molecule has 0 aliphatic heterocycles. The molecule has 6 nitrogen and oxygen atoms in total. The fourth-order valence-corrected chi connectivity index (χ4v) is 2.10. The first-order valence-electron chi connectivity index (χ1n) is 6.35. The number of hydrogen-bond acceptors (Lipinski definition) is 4. The lowest BCUT2D eigenvalue weighted by Crippen LogP contribution is -2.19. The highest BCUT2D eigenvalue weighted by Crippen LogP contribution is 2.25. The van der Waals surface area contributed by atoms with Crippen molar-refractivity contribution in [3.8, 4) is 17.1 Å². The van der Waals surface area contributed by atoms with E-state index in [4.69, 9.17) is 0 Å². The van der Waals surface area contributed by atoms with Crippen LogP contribution in [0.25, 0.3) is 17.1 Å². The van der Waals surface area contributed by atoms with E-state index in [2.05, 4.69) is 20.3 Å². The Labute approximate surface area is 123 Å². The summed E-state index contributed by atoms with van der Waals surface area (Å²) in [5.41, 5.74) is 1.58. The van der Waals surface area contributed by atoms with E-state index in [1.54, 1.807) is 36.0 Å². The second kappa shape index (κ2) is 5.24. The summed E-state index contributed by atoms with van der Waals surface area (Å²) < 4.78 is 40.1. The van der Waals surface area contributed by atoms with Crippen molar-refractivity contribution in [2.75, 3.05) is 0 Å². The maximum absolute atomic E-state index is 12.5. The van der Waals surface area contributed by atoms with Gasteiger partial charge in [-0.3, -0.25) is 14.2 Å². The van der Waals surface area contributed by atoms with Gasteiger partial charge >= 0.3 is 6.18 Å². The summed E-state index contributed by atoms with van der Waals surface area (Å²) in [6.45, 7) is 0.427. The number of aromatic nitrogens is 6. The summed E-state index contributed by atoms with van der Waals surface area (Å²) >= 11 is 0. The molecule has 0 bridgehead atoms. The Bertz CT molecular complexity index is 775. The first-order valence-corrected chi connectivity index (χ1v) is 6.35. The third-order valence-corrected chi connectivity index (χ3v) is 3.14. The van der Waals surface area contributed by atoms with Crippen molar-refractivity contribution in [2.24, 2.45) is 0 Å². The fourth-order valence-electron chi connectivity index (χ4n) is 2.10. The van der Waals surface area contributed by atoms with E-state index in [1.165, 1.54) is 12.5 Å². The van der Waals surface area contributed by atoms with Crippen molar-refractivity contribution in [3.63, 3.8) is 0 Å². The number of rotatable bonds is 3. The van der Waals surface area contributed by atoms with Gasteiger partial charge in [0.2, 0.25) is 0 Å². The van der Waals surface area contributed by atoms with E-state index in [-0.39, 0.29) is 0 Å². The Hall–Kier alpha value is -2.71. The second-order valence-corrected chi connectivity index (χ2v) is 4.65. The molecule has 0 N–H and O–H groups in total. The van der Waals surface area contributed by atoms with Crippen LogP contribution in [-0.4, -0.2) is 35.7 Å². The molecule has 0 radical (unpaired) electrons. The molecule has 3 rings (SSSR count). The SMILES string of the molecule is Cc1c(-c2nncn2-c2cccnc2)cnn1CC(F)(F)F. The van der Waals surface area contributed by atoms with Crippen molar-refractivity contribution >= 4 is 0 Å². The smallest absolute Gasteiger partial charge is 0.280 e. The summed E-state index contributed by atoms with van der Waals surface area (Å²) in [4.78, 5) is 4.01. The highest BCUT2D eigenvalue weighted by molar-refractivity contribution is 5.59. The van der Waals surface area contributed by atoms with E-state index in [0.717, 1.165) is 4.68 Å². The van der Waals surface area contributed by atoms with Crippen LogP contribution in [0, 0.1) is 6.92 Å². The van der Waals surface area contributed by atoms with Crippen LogP contribution in [0.4, 0.5) is 13.2 Å². The molecule has 9 heteroatoms. The molecular weight excluding hydrogens is 297 g/mol. The summed E-state index contributed by atoms with van der Waals surface area (Å²) in [5.74, 6) is 0.416. The number of nitrogens with zero attached hydrogens (tertiary/aromatic N) is 6. The standard InChI is InChI=1S/C13H11F3N6/c1-9-11(6-19-22(9)7-13(14,15)16)12-20-18-8-21(12)10-3-2-4-17-5-10/h2-6,8H,7H2,1H3. The molecule has 0 saturated carbocycles. The molecule has 0 aliphatic carbocycles. The van der Waals surface area contributed by atoms with Crippen molar-refractivity contribution < 1.29 is 13.2 Å². The molecule has 0 saturated heterocycles. The number of pyridine rings is 1. The van der Waals surface area contributed by atoms with E-state index in [1.807, 2.05) is 0 Å². The molecule has 0 aromatic carbocycles. The van der Waals surface area contributed by atoms with Gasteiger partial charge < -0.3 is 0 Å². The van der Waals surface area contributed by atoms with Crippen LogP contribution >= 0.6 is 0 Å². The second-order valence-electron chi connectivity index (χ2n) is 4.65. The van der Waals surface area contributed by atoms with Gasteiger partial charge in [-0.25, -0.2) is 0 Å². The van der Waals surface area contributed by atoms with Gasteiger partial charge in [-0.05, 0) is 19.1 Å². The van der Waals surface area contributed by atoms with Gasteiger partial charge in [0.15, 0.2) is 5.82 Å². The van der Waals surface area contributed by atoms with Gasteiger partial charge in [0.1, 0.15) is 12.9 Å². The van der Waals surface area contributed by atoms with Gasteiger partial charge in [-0.2, -0.15) is 18.3 Å². The molecule has 0 atom stereocenters. The highest BCUT2D eigenvalue weighted by Gasteiger charge is 2.30. The third-order valence-electron chi connectivity index (χ3n) is 3.14. The molecule has 3 aromatic rings. The van der Waals surface area contributed by atoms with Gasteiger partial charge in [-0.15, -0.1) is 10.2 Å². The van der Waals surface area contributed by atoms with Crippen molar-refractivity contribution in [2.45, 2.75) is 19.6 Å². The fraction of sp³-hybridized carbons (Fsp3) is 0.231. The maximum atomic E-state index is 12.5. The predicted octanol–water partition coefficient (Wildman–Crippen LogP) is 2.40. The molecule has 0 fully saturated rings. The number of halogens is 3. The molecule has 3 aromatic heterocycles. The molecule has 114 valence electrons. The molecule has 0 aliphatic rings. The lowest BCUT2D eigenvalue weighted by atomic mass is 10.2. The Kier molecular flexibility index (Phi) is 3.39. The molecule has 0 amide bonds. The minimum Gasteiger partial charge on any atom is -0.280 e. The summed E-state index contributed by atoms with van der Waals surface area (Å²) in [6.07, 6.45) is 1.75. The van der Waals surface area contributed by atoms with Crippen LogP contribution in [0.3, 0.4) is 0 Å². The largest absolute Gasteiger partial charge is 0.408 e. The zero-order valence-corrected chi connectivity index (χ0v) is 11.5. The van der Waals surface area contributed by atoms with Crippen molar-refractivity contribution in [1.29, 1.82) is 0 Å². The van der Waals surface area contributed by atoms with Crippen LogP contribution < -0.4 is 0 Å². The van der Waals surface area contributed by atoms with Crippen LogP contribution in [0.15, 0.2) is 37.1 Å². The Morgan fingerprint density at radius 3 is 2.73 bits per heavy atom. The molecule has 0 unspecified atom stereocenters. The lowest BCUT2D eigenvalue weighted by Gasteiger charge is -2.09. The average molecular weight is 308 g/mol. The first kappa shape index (κ1) is 14.2. The van der Waals surface area contributed by atoms with Crippen molar-refractivity contribution in [3.05, 3.63) is 42.7 Å². The Balaban J connectivity index is 2.02. The average Bonchev–Trinajstić information content (AvgIpc) is 3.06. The zero-order valence-electron chi connectivity index (χ0n) is 11.5. The summed E-state index contributed by atoms with van der Waals surface area (Å²) in [6, 6.07) is 3.55. The van der Waals surface area contributed by atoms with Crippen LogP contribution in [0.5, 0.6) is 0 Å². The third kappa shape index (κ3) is 2.69. The zero-order chi connectivity index (χ0) is 15.7. The van der Waals surface area contributed by atoms with Crippen LogP contribution in [0.1, 0.15) is 5.69 Å². The van der Waals surface area contributed by atoms with Gasteiger partial charge in [0.05, 0.1) is 23.6 Å². The normalized spacial score (nSPS) is 11.8. The lowest BCUT2D eigenvalue weighted by molar-refractivity contribution is -0.142. The number of hydrogen-bond donors (Lipinski definition) is 0. The van der Waals surface area contributed by atoms with Gasteiger partial charge in [0.25, 0.3) is 0 Å². The van der Waals surface area contributed by atoms with Crippen molar-refractivity contribution in [1.82, 2.24) is 29.5 Å². The highest BCUT2D eigenvalue weighted by atomic mass is 19.4. The van der Waals surface area contributed by atoms with Gasteiger partial charge in [0, 0.05) is 11.9 Å². The minimum absolute atomic E-state index is 0.371. The number of alkyl halides is 3. The van der Waals surface area contributed by atoms with Crippen LogP contribution in [0.2, 0.25) is 0 Å². The molecule has 22 heavy (non-hydrogen) atoms. The van der Waals surface area contributed by atoms with Gasteiger partial charge in [-0.1, -0.05) is 0 Å². The topological polar surface area (TPSA) is 61.4 Å². The van der Waals surface area contributed by atoms with E-state index < -0.39 is 12.7 Å². The predicted molar refractivity (Wildman–Crippen MR) is 71.2 cm³/mol. The van der Waals surface area contributed by atoms with E-state index in [9.17, 15) is 13.2 Å². The molecule has 3 heterocycles. The summed E-state index contributed by atoms with van der Waals surface area (Å²) in [7, 11) is 0. The summed E-state index contributed by atoms with van der Waals surface area (Å²) in [5, 5.41) is 11.6. The first-order chi connectivity index (χ1) is 10.5. The Morgan fingerprint density at radius 1 is 1.23 bits per heavy atom. The quantitative estimate of drug-likeness (QED) is 0.745. The maximum Gasteiger partial charge on any atom is 0.408 e. The monoisotopic (exact) mass is 308 g/mol. The Morgan fingerprint density at radius 2 is 2.05 bits per heavy atom. The minimum atomic E-state index is -4.33. The molecular formula is C13H11F3N6. The molecule has 0 spiro atoms. The van der Waals surface area contributed by atoms with E-state index >= 15 is 0 Å². The van der Waals surface area contributed by atoms with Crippen LogP contribution in [-0.2, 0) is 6.54 Å². The van der Waals surface area contributed by atoms with E-state index in [0.29, 0.717) is 22.8 Å².